The van der Waals surface area contributed by atoms with Crippen molar-refractivity contribution in [2.45, 2.75) is 32.1 Å². The summed E-state index contributed by atoms with van der Waals surface area (Å²) in [6, 6.07) is 30.1. The Hall–Kier alpha value is -4.54. The summed E-state index contributed by atoms with van der Waals surface area (Å²) in [7, 11) is 0. The first-order chi connectivity index (χ1) is 19.8. The Labute approximate surface area is 243 Å². The second kappa shape index (κ2) is 9.53. The fraction of sp³-hybridized carbons (Fsp3) is 0.139. The number of rotatable bonds is 5. The minimum atomic E-state index is -0.225. The predicted molar refractivity (Wildman–Crippen MR) is 167 cm³/mol. The Balaban J connectivity index is 1.47. The van der Waals surface area contributed by atoms with E-state index in [0.29, 0.717) is 16.3 Å². The molecule has 0 fully saturated rings. The number of nitrogens with one attached hydrogen (secondary N) is 2. The molecular formula is C36H29ClN2O2. The van der Waals surface area contributed by atoms with E-state index in [1.165, 1.54) is 21.9 Å². The Bertz CT molecular complexity index is 1990. The van der Waals surface area contributed by atoms with Crippen molar-refractivity contribution in [1.82, 2.24) is 9.97 Å². The van der Waals surface area contributed by atoms with Gasteiger partial charge < -0.3 is 14.4 Å². The molecule has 2 N–H and O–H groups in total. The molecule has 3 heterocycles. The van der Waals surface area contributed by atoms with Crippen LogP contribution < -0.4 is 0 Å². The highest BCUT2D eigenvalue weighted by atomic mass is 35.5. The van der Waals surface area contributed by atoms with Crippen LogP contribution in [0.15, 0.2) is 108 Å². The molecule has 4 nitrogen and oxygen atoms in total. The van der Waals surface area contributed by atoms with Crippen LogP contribution >= 0.6 is 11.6 Å². The summed E-state index contributed by atoms with van der Waals surface area (Å²) in [6.45, 7) is 6.55. The molecule has 0 atom stereocenters. The minimum absolute atomic E-state index is 0.0573. The molecule has 0 saturated heterocycles. The molecule has 7 aromatic rings. The van der Waals surface area contributed by atoms with Gasteiger partial charge >= 0.3 is 0 Å². The van der Waals surface area contributed by atoms with Gasteiger partial charge in [-0.3, -0.25) is 4.79 Å². The molecule has 0 bridgehead atoms. The first-order valence-corrected chi connectivity index (χ1v) is 14.2. The molecule has 0 radical (unpaired) electrons. The quantitative estimate of drug-likeness (QED) is 0.207. The first-order valence-electron chi connectivity index (χ1n) is 13.8. The topological polar surface area (TPSA) is 61.8 Å². The van der Waals surface area contributed by atoms with Crippen LogP contribution in [0.1, 0.15) is 65.1 Å². The van der Waals surface area contributed by atoms with Crippen LogP contribution in [0.25, 0.3) is 32.8 Å². The second-order valence-electron chi connectivity index (χ2n) is 11.7. The summed E-state index contributed by atoms with van der Waals surface area (Å²) in [5, 5.41) is 3.87. The van der Waals surface area contributed by atoms with E-state index in [-0.39, 0.29) is 17.1 Å². The molecule has 0 aliphatic heterocycles. The highest BCUT2D eigenvalue weighted by Crippen LogP contribution is 2.43. The van der Waals surface area contributed by atoms with Crippen molar-refractivity contribution in [3.8, 4) is 0 Å². The molecule has 3 aromatic heterocycles. The van der Waals surface area contributed by atoms with Gasteiger partial charge in [-0.2, -0.15) is 0 Å². The average Bonchev–Trinajstić information content (AvgIpc) is 3.70. The zero-order valence-corrected chi connectivity index (χ0v) is 23.8. The smallest absolute Gasteiger partial charge is 0.228 e. The van der Waals surface area contributed by atoms with Gasteiger partial charge in [0.1, 0.15) is 5.58 Å². The molecule has 7 rings (SSSR count). The number of carbonyl (C=O) groups is 1. The van der Waals surface area contributed by atoms with Gasteiger partial charge in [0.15, 0.2) is 5.76 Å². The normalized spacial score (nSPS) is 12.2. The largest absolute Gasteiger partial charge is 0.452 e. The zero-order valence-electron chi connectivity index (χ0n) is 23.1. The first kappa shape index (κ1) is 25.4. The number of benzene rings is 4. The van der Waals surface area contributed by atoms with Crippen molar-refractivity contribution in [2.24, 2.45) is 0 Å². The number of ketones is 1. The number of carbonyl (C=O) groups excluding carboxylic acids is 1. The summed E-state index contributed by atoms with van der Waals surface area (Å²) in [5.74, 6) is 0.0999. The number of hydrogen-bond donors (Lipinski definition) is 2. The molecule has 0 spiro atoms. The lowest BCUT2D eigenvalue weighted by atomic mass is 9.79. The van der Waals surface area contributed by atoms with Gasteiger partial charge in [0, 0.05) is 61.7 Å². The number of furan rings is 1. The van der Waals surface area contributed by atoms with E-state index in [9.17, 15) is 4.79 Å². The number of hydrogen-bond acceptors (Lipinski definition) is 2. The zero-order chi connectivity index (χ0) is 28.3. The highest BCUT2D eigenvalue weighted by Gasteiger charge is 2.28. The summed E-state index contributed by atoms with van der Waals surface area (Å²) < 4.78 is 6.33. The van der Waals surface area contributed by atoms with Crippen molar-refractivity contribution in [1.29, 1.82) is 0 Å². The van der Waals surface area contributed by atoms with Crippen LogP contribution in [-0.2, 0) is 5.41 Å². The number of aromatic nitrogens is 2. The maximum atomic E-state index is 13.4. The van der Waals surface area contributed by atoms with E-state index in [2.05, 4.69) is 104 Å². The summed E-state index contributed by atoms with van der Waals surface area (Å²) in [5.41, 5.74) is 7.87. The van der Waals surface area contributed by atoms with E-state index in [1.807, 2.05) is 6.07 Å². The maximum absolute atomic E-state index is 13.4. The number of para-hydroxylation sites is 2. The summed E-state index contributed by atoms with van der Waals surface area (Å²) in [4.78, 5) is 20.4. The van der Waals surface area contributed by atoms with E-state index >= 15 is 0 Å². The monoisotopic (exact) mass is 556 g/mol. The third kappa shape index (κ3) is 4.36. The van der Waals surface area contributed by atoms with Crippen molar-refractivity contribution >= 4 is 50.2 Å². The number of H-pyrrole nitrogens is 2. The predicted octanol–water partition coefficient (Wildman–Crippen LogP) is 9.76. The van der Waals surface area contributed by atoms with Crippen molar-refractivity contribution in [3.63, 3.8) is 0 Å². The van der Waals surface area contributed by atoms with Crippen molar-refractivity contribution < 1.29 is 9.21 Å². The minimum Gasteiger partial charge on any atom is -0.452 e. The molecule has 41 heavy (non-hydrogen) atoms. The number of aromatic amines is 2. The molecule has 202 valence electrons. The fourth-order valence-corrected chi connectivity index (χ4v) is 6.07. The highest BCUT2D eigenvalue weighted by molar-refractivity contribution is 6.30. The van der Waals surface area contributed by atoms with E-state index < -0.39 is 0 Å². The molecule has 0 unspecified atom stereocenters. The average molecular weight is 557 g/mol. The molecule has 5 heteroatoms. The SMILES string of the molecule is CC(C)(C)c1cc(C(c2c[nH]c3ccccc23)c2c[nH]c3ccccc23)cc2cc(C(=O)c3ccc(Cl)cc3)oc12. The van der Waals surface area contributed by atoms with E-state index in [0.717, 1.165) is 33.1 Å². The van der Waals surface area contributed by atoms with Crippen LogP contribution in [0.4, 0.5) is 0 Å². The molecular weight excluding hydrogens is 528 g/mol. The van der Waals surface area contributed by atoms with Crippen molar-refractivity contribution in [3.05, 3.63) is 142 Å². The van der Waals surface area contributed by atoms with Crippen molar-refractivity contribution in [2.75, 3.05) is 0 Å². The van der Waals surface area contributed by atoms with Crippen LogP contribution in [-0.4, -0.2) is 15.8 Å². The van der Waals surface area contributed by atoms with Gasteiger partial charge in [-0.1, -0.05) is 74.8 Å². The Morgan fingerprint density at radius 3 is 1.95 bits per heavy atom. The van der Waals surface area contributed by atoms with Crippen LogP contribution in [0.3, 0.4) is 0 Å². The second-order valence-corrected chi connectivity index (χ2v) is 12.1. The molecule has 4 aromatic carbocycles. The van der Waals surface area contributed by atoms with Gasteiger partial charge in [-0.05, 0) is 70.6 Å². The van der Waals surface area contributed by atoms with Crippen LogP contribution in [0.2, 0.25) is 5.02 Å². The Kier molecular flexibility index (Phi) is 5.91. The number of halogens is 1. The lowest BCUT2D eigenvalue weighted by Gasteiger charge is -2.24. The standard InChI is InChI=1S/C36H29ClN2O2/c1-36(2,3)29-17-22(16-23-18-32(41-35(23)29)34(40)21-12-14-24(37)15-13-21)33(27-19-38-30-10-6-4-8-25(27)30)28-20-39-31-11-7-5-9-26(28)31/h4-20,33,38-39H,1-3H3. The van der Waals surface area contributed by atoms with E-state index in [4.69, 9.17) is 16.0 Å². The number of fused-ring (bicyclic) bond motifs is 3. The summed E-state index contributed by atoms with van der Waals surface area (Å²) >= 11 is 6.06. The van der Waals surface area contributed by atoms with E-state index in [1.54, 1.807) is 24.3 Å². The van der Waals surface area contributed by atoms with Crippen LogP contribution in [0.5, 0.6) is 0 Å². The maximum Gasteiger partial charge on any atom is 0.228 e. The summed E-state index contributed by atoms with van der Waals surface area (Å²) in [6.07, 6.45) is 4.26. The van der Waals surface area contributed by atoms with Crippen LogP contribution in [0, 0.1) is 0 Å². The Morgan fingerprint density at radius 2 is 1.37 bits per heavy atom. The molecule has 0 saturated carbocycles. The Morgan fingerprint density at radius 1 is 0.780 bits per heavy atom. The fourth-order valence-electron chi connectivity index (χ4n) is 5.95. The molecule has 0 amide bonds. The lowest BCUT2D eigenvalue weighted by Crippen LogP contribution is -2.13. The van der Waals surface area contributed by atoms with Gasteiger partial charge in [-0.15, -0.1) is 0 Å². The van der Waals surface area contributed by atoms with Gasteiger partial charge in [0.2, 0.25) is 5.78 Å². The third-order valence-corrected chi connectivity index (χ3v) is 8.23. The van der Waals surface area contributed by atoms with Gasteiger partial charge in [0.25, 0.3) is 0 Å². The molecule has 0 aliphatic carbocycles. The van der Waals surface area contributed by atoms with Gasteiger partial charge in [-0.25, -0.2) is 0 Å². The lowest BCUT2D eigenvalue weighted by molar-refractivity contribution is 0.101. The van der Waals surface area contributed by atoms with Gasteiger partial charge in [0.05, 0.1) is 0 Å². The third-order valence-electron chi connectivity index (χ3n) is 7.97. The molecule has 0 aliphatic rings.